The maximum Gasteiger partial charge on any atom is 0.317 e. The summed E-state index contributed by atoms with van der Waals surface area (Å²) in [7, 11) is 4.90. The van der Waals surface area contributed by atoms with E-state index in [1.54, 1.807) is 26.2 Å². The molecule has 0 radical (unpaired) electrons. The van der Waals surface area contributed by atoms with Crippen LogP contribution in [0.25, 0.3) is 0 Å². The van der Waals surface area contributed by atoms with Gasteiger partial charge in [-0.15, -0.1) is 0 Å². The van der Waals surface area contributed by atoms with Crippen molar-refractivity contribution in [3.63, 3.8) is 0 Å². The molecule has 0 amide bonds. The zero-order valence-electron chi connectivity index (χ0n) is 10.6. The van der Waals surface area contributed by atoms with Gasteiger partial charge in [-0.25, -0.2) is 0 Å². The first-order valence-electron chi connectivity index (χ1n) is 5.28. The fourth-order valence-corrected chi connectivity index (χ4v) is 2.11. The number of benzene rings is 1. The summed E-state index contributed by atoms with van der Waals surface area (Å²) >= 11 is 3.38. The van der Waals surface area contributed by atoms with Gasteiger partial charge in [0, 0.05) is 12.1 Å². The zero-order valence-corrected chi connectivity index (χ0v) is 12.2. The molecule has 0 fully saturated rings. The summed E-state index contributed by atoms with van der Waals surface area (Å²) in [6.45, 7) is 0.445. The highest BCUT2D eigenvalue weighted by atomic mass is 79.9. The number of hydrogen-bond acceptors (Lipinski definition) is 4. The van der Waals surface area contributed by atoms with E-state index in [-0.39, 0.29) is 6.54 Å². The average Bonchev–Trinajstić information content (AvgIpc) is 2.29. The minimum atomic E-state index is -0.861. The number of carboxylic acid groups (broad SMARTS) is 1. The van der Waals surface area contributed by atoms with Gasteiger partial charge < -0.3 is 14.6 Å². The fourth-order valence-electron chi connectivity index (χ4n) is 1.62. The van der Waals surface area contributed by atoms with Gasteiger partial charge in [-0.1, -0.05) is 0 Å². The second-order valence-electron chi connectivity index (χ2n) is 3.86. The lowest BCUT2D eigenvalue weighted by Gasteiger charge is -2.17. The molecule has 0 spiro atoms. The van der Waals surface area contributed by atoms with Gasteiger partial charge in [-0.05, 0) is 35.1 Å². The lowest BCUT2D eigenvalue weighted by Crippen LogP contribution is -2.25. The van der Waals surface area contributed by atoms with Crippen LogP contribution in [-0.2, 0) is 11.3 Å². The number of rotatable bonds is 6. The van der Waals surface area contributed by atoms with Crippen molar-refractivity contribution in [2.24, 2.45) is 0 Å². The molecule has 0 aliphatic heterocycles. The molecule has 5 nitrogen and oxygen atoms in total. The number of aliphatic carboxylic acids is 1. The lowest BCUT2D eigenvalue weighted by molar-refractivity contribution is -0.138. The Morgan fingerprint density at radius 3 is 2.44 bits per heavy atom. The Labute approximate surface area is 114 Å². The van der Waals surface area contributed by atoms with Gasteiger partial charge in [0.15, 0.2) is 0 Å². The van der Waals surface area contributed by atoms with E-state index in [1.165, 1.54) is 0 Å². The minimum Gasteiger partial charge on any atom is -0.496 e. The van der Waals surface area contributed by atoms with Gasteiger partial charge in [-0.2, -0.15) is 0 Å². The van der Waals surface area contributed by atoms with Crippen molar-refractivity contribution < 1.29 is 19.4 Å². The Bertz CT molecular complexity index is 436. The van der Waals surface area contributed by atoms with E-state index in [2.05, 4.69) is 15.9 Å². The van der Waals surface area contributed by atoms with Crippen molar-refractivity contribution in [2.75, 3.05) is 27.8 Å². The van der Waals surface area contributed by atoms with E-state index < -0.39 is 5.97 Å². The molecule has 0 bridgehead atoms. The van der Waals surface area contributed by atoms with E-state index in [9.17, 15) is 4.79 Å². The lowest BCUT2D eigenvalue weighted by atomic mass is 10.1. The van der Waals surface area contributed by atoms with Gasteiger partial charge in [0.05, 0.1) is 25.2 Å². The van der Waals surface area contributed by atoms with Crippen LogP contribution in [0.4, 0.5) is 0 Å². The Kier molecular flexibility index (Phi) is 5.43. The van der Waals surface area contributed by atoms with Crippen molar-refractivity contribution in [2.45, 2.75) is 6.54 Å². The third-order valence-electron chi connectivity index (χ3n) is 2.40. The summed E-state index contributed by atoms with van der Waals surface area (Å²) in [6.07, 6.45) is 0. The number of carbonyl (C=O) groups is 1. The van der Waals surface area contributed by atoms with Crippen molar-refractivity contribution in [3.8, 4) is 11.5 Å². The van der Waals surface area contributed by atoms with E-state index in [0.717, 1.165) is 10.0 Å². The predicted molar refractivity (Wildman–Crippen MR) is 71.2 cm³/mol. The van der Waals surface area contributed by atoms with Gasteiger partial charge in [0.25, 0.3) is 0 Å². The van der Waals surface area contributed by atoms with Crippen molar-refractivity contribution >= 4 is 21.9 Å². The molecule has 0 aromatic heterocycles. The average molecular weight is 318 g/mol. The first-order chi connectivity index (χ1) is 8.47. The topological polar surface area (TPSA) is 59.0 Å². The Hall–Kier alpha value is -1.27. The van der Waals surface area contributed by atoms with E-state index >= 15 is 0 Å². The van der Waals surface area contributed by atoms with E-state index in [4.69, 9.17) is 14.6 Å². The van der Waals surface area contributed by atoms with E-state index in [0.29, 0.717) is 18.0 Å². The quantitative estimate of drug-likeness (QED) is 0.869. The first-order valence-corrected chi connectivity index (χ1v) is 6.08. The molecule has 0 saturated heterocycles. The van der Waals surface area contributed by atoms with Crippen LogP contribution in [0.2, 0.25) is 0 Å². The second-order valence-corrected chi connectivity index (χ2v) is 4.72. The third kappa shape index (κ3) is 3.89. The molecule has 0 atom stereocenters. The summed E-state index contributed by atoms with van der Waals surface area (Å²) in [5, 5.41) is 8.73. The predicted octanol–water partition coefficient (Wildman–Crippen LogP) is 1.98. The number of halogens is 1. The molecule has 1 rings (SSSR count). The molecule has 0 saturated carbocycles. The second kappa shape index (κ2) is 6.61. The van der Waals surface area contributed by atoms with Crippen LogP contribution in [-0.4, -0.2) is 43.8 Å². The number of hydrogen-bond donors (Lipinski definition) is 1. The number of methoxy groups -OCH3 is 2. The molecule has 0 heterocycles. The Morgan fingerprint density at radius 1 is 1.33 bits per heavy atom. The molecule has 6 heteroatoms. The molecule has 0 aliphatic carbocycles. The molecule has 1 aromatic carbocycles. The van der Waals surface area contributed by atoms with Crippen molar-refractivity contribution in [1.82, 2.24) is 4.90 Å². The van der Waals surface area contributed by atoms with Crippen molar-refractivity contribution in [1.29, 1.82) is 0 Å². The third-order valence-corrected chi connectivity index (χ3v) is 3.02. The number of carboxylic acids is 1. The molecule has 18 heavy (non-hydrogen) atoms. The summed E-state index contributed by atoms with van der Waals surface area (Å²) in [5.74, 6) is 0.523. The molecule has 0 aliphatic rings. The standard InChI is InChI=1S/C12H16BrNO4/c1-14(7-12(15)16)6-8-4-11(18-3)9(13)5-10(8)17-2/h4-5H,6-7H2,1-3H3,(H,15,16). The van der Waals surface area contributed by atoms with Crippen LogP contribution >= 0.6 is 15.9 Å². The first kappa shape index (κ1) is 14.8. The van der Waals surface area contributed by atoms with E-state index in [1.807, 2.05) is 12.1 Å². The fraction of sp³-hybridized carbons (Fsp3) is 0.417. The summed E-state index contributed by atoms with van der Waals surface area (Å²) in [6, 6.07) is 3.64. The highest BCUT2D eigenvalue weighted by molar-refractivity contribution is 9.10. The normalized spacial score (nSPS) is 10.5. The Balaban J connectivity index is 2.95. The smallest absolute Gasteiger partial charge is 0.317 e. The molecule has 0 unspecified atom stereocenters. The minimum absolute atomic E-state index is 0.0263. The molecular formula is C12H16BrNO4. The van der Waals surface area contributed by atoms with Crippen LogP contribution in [0.1, 0.15) is 5.56 Å². The van der Waals surface area contributed by atoms with Crippen LogP contribution in [0.15, 0.2) is 16.6 Å². The highest BCUT2D eigenvalue weighted by Gasteiger charge is 2.12. The van der Waals surface area contributed by atoms with Gasteiger partial charge in [-0.3, -0.25) is 9.69 Å². The van der Waals surface area contributed by atoms with Crippen LogP contribution in [0, 0.1) is 0 Å². The van der Waals surface area contributed by atoms with Crippen molar-refractivity contribution in [3.05, 3.63) is 22.2 Å². The molecule has 100 valence electrons. The molecule has 1 N–H and O–H groups in total. The Morgan fingerprint density at radius 2 is 1.94 bits per heavy atom. The van der Waals surface area contributed by atoms with Gasteiger partial charge in [0.1, 0.15) is 11.5 Å². The monoisotopic (exact) mass is 317 g/mol. The van der Waals surface area contributed by atoms with Gasteiger partial charge >= 0.3 is 5.97 Å². The van der Waals surface area contributed by atoms with Gasteiger partial charge in [0.2, 0.25) is 0 Å². The highest BCUT2D eigenvalue weighted by Crippen LogP contribution is 2.33. The maximum atomic E-state index is 10.6. The number of likely N-dealkylation sites (N-methyl/N-ethyl adjacent to an activating group) is 1. The SMILES string of the molecule is COc1cc(CN(C)CC(=O)O)c(OC)cc1Br. The molecular weight excluding hydrogens is 302 g/mol. The number of ether oxygens (including phenoxy) is 2. The van der Waals surface area contributed by atoms with Crippen LogP contribution < -0.4 is 9.47 Å². The van der Waals surface area contributed by atoms with Crippen LogP contribution in [0.5, 0.6) is 11.5 Å². The van der Waals surface area contributed by atoms with Crippen LogP contribution in [0.3, 0.4) is 0 Å². The largest absolute Gasteiger partial charge is 0.496 e. The summed E-state index contributed by atoms with van der Waals surface area (Å²) in [4.78, 5) is 12.3. The zero-order chi connectivity index (χ0) is 13.7. The molecule has 1 aromatic rings. The maximum absolute atomic E-state index is 10.6. The number of nitrogens with zero attached hydrogens (tertiary/aromatic N) is 1. The summed E-state index contributed by atoms with van der Waals surface area (Å²) in [5.41, 5.74) is 0.876. The summed E-state index contributed by atoms with van der Waals surface area (Å²) < 4.78 is 11.3.